The fourth-order valence-electron chi connectivity index (χ4n) is 1.25. The summed E-state index contributed by atoms with van der Waals surface area (Å²) >= 11 is 0. The van der Waals surface area contributed by atoms with Crippen LogP contribution < -0.4 is 16.6 Å². The summed E-state index contributed by atoms with van der Waals surface area (Å²) < 4.78 is 0. The van der Waals surface area contributed by atoms with Gasteiger partial charge in [-0.15, -0.1) is 0 Å². The number of amides is 1. The van der Waals surface area contributed by atoms with Crippen molar-refractivity contribution in [3.8, 4) is 0 Å². The van der Waals surface area contributed by atoms with Gasteiger partial charge in [0.15, 0.2) is 0 Å². The summed E-state index contributed by atoms with van der Waals surface area (Å²) in [5, 5.41) is 2.82. The van der Waals surface area contributed by atoms with Crippen LogP contribution in [0.4, 0.5) is 5.69 Å². The van der Waals surface area contributed by atoms with Gasteiger partial charge in [-0.1, -0.05) is 13.8 Å². The normalized spacial score (nSPS) is 10.3. The molecule has 0 aliphatic heterocycles. The van der Waals surface area contributed by atoms with Gasteiger partial charge in [-0.2, -0.15) is 0 Å². The van der Waals surface area contributed by atoms with Crippen molar-refractivity contribution in [1.29, 1.82) is 0 Å². The SMILES string of the molecule is Cc1cc(NN)c(C(=O)NCC(C)C)cn1. The molecular weight excluding hydrogens is 204 g/mol. The fourth-order valence-corrected chi connectivity index (χ4v) is 1.25. The molecule has 5 heteroatoms. The Balaban J connectivity index is 2.82. The predicted molar refractivity (Wildman–Crippen MR) is 64.0 cm³/mol. The van der Waals surface area contributed by atoms with Crippen LogP contribution in [0.3, 0.4) is 0 Å². The first kappa shape index (κ1) is 12.4. The zero-order valence-electron chi connectivity index (χ0n) is 9.87. The maximum atomic E-state index is 11.8. The molecule has 0 spiro atoms. The lowest BCUT2D eigenvalue weighted by molar-refractivity contribution is 0.0949. The van der Waals surface area contributed by atoms with E-state index in [0.717, 1.165) is 5.69 Å². The first-order chi connectivity index (χ1) is 7.54. The molecular formula is C11H18N4O. The number of hydrogen-bond acceptors (Lipinski definition) is 4. The Morgan fingerprint density at radius 2 is 2.25 bits per heavy atom. The summed E-state index contributed by atoms with van der Waals surface area (Å²) in [6.45, 7) is 6.55. The molecule has 1 rings (SSSR count). The summed E-state index contributed by atoms with van der Waals surface area (Å²) in [6, 6.07) is 1.74. The molecule has 0 aliphatic carbocycles. The van der Waals surface area contributed by atoms with Gasteiger partial charge in [-0.05, 0) is 18.9 Å². The number of rotatable bonds is 4. The van der Waals surface area contributed by atoms with Crippen molar-refractivity contribution in [3.05, 3.63) is 23.5 Å². The van der Waals surface area contributed by atoms with Crippen molar-refractivity contribution in [2.75, 3.05) is 12.0 Å². The topological polar surface area (TPSA) is 80.0 Å². The molecule has 4 N–H and O–H groups in total. The highest BCUT2D eigenvalue weighted by molar-refractivity contribution is 5.99. The molecule has 0 saturated carbocycles. The highest BCUT2D eigenvalue weighted by Crippen LogP contribution is 2.14. The monoisotopic (exact) mass is 222 g/mol. The largest absolute Gasteiger partial charge is 0.352 e. The number of nitrogens with zero attached hydrogens (tertiary/aromatic N) is 1. The van der Waals surface area contributed by atoms with E-state index in [1.54, 1.807) is 6.07 Å². The molecule has 0 aliphatic rings. The van der Waals surface area contributed by atoms with E-state index in [-0.39, 0.29) is 5.91 Å². The fraction of sp³-hybridized carbons (Fsp3) is 0.455. The Morgan fingerprint density at radius 3 is 2.81 bits per heavy atom. The molecule has 1 amide bonds. The highest BCUT2D eigenvalue weighted by atomic mass is 16.1. The second-order valence-electron chi connectivity index (χ2n) is 4.12. The van der Waals surface area contributed by atoms with Crippen LogP contribution in [0.5, 0.6) is 0 Å². The van der Waals surface area contributed by atoms with Crippen LogP contribution in [0, 0.1) is 12.8 Å². The molecule has 0 unspecified atom stereocenters. The number of carbonyl (C=O) groups excluding carboxylic acids is 1. The van der Waals surface area contributed by atoms with Crippen LogP contribution >= 0.6 is 0 Å². The van der Waals surface area contributed by atoms with Crippen molar-refractivity contribution < 1.29 is 4.79 Å². The standard InChI is InChI=1S/C11H18N4O/c1-7(2)5-14-11(16)9-6-13-8(3)4-10(9)15-12/h4,6-7H,5,12H2,1-3H3,(H,13,15)(H,14,16). The van der Waals surface area contributed by atoms with Crippen LogP contribution in [-0.4, -0.2) is 17.4 Å². The molecule has 0 atom stereocenters. The molecule has 0 aromatic carbocycles. The lowest BCUT2D eigenvalue weighted by atomic mass is 10.2. The molecule has 0 fully saturated rings. The van der Waals surface area contributed by atoms with E-state index in [1.165, 1.54) is 6.20 Å². The van der Waals surface area contributed by atoms with Gasteiger partial charge >= 0.3 is 0 Å². The van der Waals surface area contributed by atoms with Gasteiger partial charge in [0.1, 0.15) is 0 Å². The average Bonchev–Trinajstić information content (AvgIpc) is 2.25. The number of anilines is 1. The number of hydrazine groups is 1. The van der Waals surface area contributed by atoms with Crippen LogP contribution in [-0.2, 0) is 0 Å². The van der Waals surface area contributed by atoms with Crippen LogP contribution in [0.1, 0.15) is 29.9 Å². The van der Waals surface area contributed by atoms with Gasteiger partial charge in [0.25, 0.3) is 5.91 Å². The minimum atomic E-state index is -0.158. The van der Waals surface area contributed by atoms with Crippen molar-refractivity contribution in [2.24, 2.45) is 11.8 Å². The first-order valence-electron chi connectivity index (χ1n) is 5.26. The number of hydrogen-bond donors (Lipinski definition) is 3. The summed E-state index contributed by atoms with van der Waals surface area (Å²) in [5.74, 6) is 5.61. The summed E-state index contributed by atoms with van der Waals surface area (Å²) in [7, 11) is 0. The molecule has 0 saturated heterocycles. The zero-order chi connectivity index (χ0) is 12.1. The molecule has 16 heavy (non-hydrogen) atoms. The molecule has 0 bridgehead atoms. The molecule has 5 nitrogen and oxygen atoms in total. The molecule has 1 aromatic rings. The first-order valence-corrected chi connectivity index (χ1v) is 5.26. The van der Waals surface area contributed by atoms with Gasteiger partial charge in [0, 0.05) is 18.4 Å². The Kier molecular flexibility index (Phi) is 4.25. The summed E-state index contributed by atoms with van der Waals surface area (Å²) in [5.41, 5.74) is 4.38. The van der Waals surface area contributed by atoms with E-state index >= 15 is 0 Å². The van der Waals surface area contributed by atoms with Crippen molar-refractivity contribution in [3.63, 3.8) is 0 Å². The number of nitrogen functional groups attached to an aromatic ring is 1. The number of nitrogens with two attached hydrogens (primary N) is 1. The Morgan fingerprint density at radius 1 is 1.56 bits per heavy atom. The third kappa shape index (κ3) is 3.20. The lowest BCUT2D eigenvalue weighted by Gasteiger charge is -2.11. The summed E-state index contributed by atoms with van der Waals surface area (Å²) in [6.07, 6.45) is 1.53. The van der Waals surface area contributed by atoms with E-state index in [1.807, 2.05) is 20.8 Å². The van der Waals surface area contributed by atoms with Crippen LogP contribution in [0.15, 0.2) is 12.3 Å². The lowest BCUT2D eigenvalue weighted by Crippen LogP contribution is -2.28. The third-order valence-corrected chi connectivity index (χ3v) is 2.11. The van der Waals surface area contributed by atoms with E-state index in [9.17, 15) is 4.79 Å². The van der Waals surface area contributed by atoms with Crippen molar-refractivity contribution >= 4 is 11.6 Å². The van der Waals surface area contributed by atoms with Crippen LogP contribution in [0.25, 0.3) is 0 Å². The van der Waals surface area contributed by atoms with Crippen molar-refractivity contribution in [1.82, 2.24) is 10.3 Å². The minimum absolute atomic E-state index is 0.158. The number of nitrogens with one attached hydrogen (secondary N) is 2. The Hall–Kier alpha value is -1.62. The van der Waals surface area contributed by atoms with Gasteiger partial charge in [-0.3, -0.25) is 15.6 Å². The quantitative estimate of drug-likeness (QED) is 0.525. The summed E-state index contributed by atoms with van der Waals surface area (Å²) in [4.78, 5) is 15.9. The number of carbonyl (C=O) groups is 1. The smallest absolute Gasteiger partial charge is 0.255 e. The molecule has 1 aromatic heterocycles. The van der Waals surface area contributed by atoms with Crippen molar-refractivity contribution in [2.45, 2.75) is 20.8 Å². The van der Waals surface area contributed by atoms with E-state index in [2.05, 4.69) is 15.7 Å². The third-order valence-electron chi connectivity index (χ3n) is 2.11. The Labute approximate surface area is 95.4 Å². The zero-order valence-corrected chi connectivity index (χ0v) is 9.87. The minimum Gasteiger partial charge on any atom is -0.352 e. The van der Waals surface area contributed by atoms with Gasteiger partial charge < -0.3 is 10.7 Å². The van der Waals surface area contributed by atoms with Gasteiger partial charge in [0.05, 0.1) is 11.3 Å². The average molecular weight is 222 g/mol. The van der Waals surface area contributed by atoms with E-state index in [0.29, 0.717) is 23.7 Å². The van der Waals surface area contributed by atoms with Gasteiger partial charge in [-0.25, -0.2) is 0 Å². The molecule has 1 heterocycles. The van der Waals surface area contributed by atoms with E-state index < -0.39 is 0 Å². The number of pyridine rings is 1. The highest BCUT2D eigenvalue weighted by Gasteiger charge is 2.11. The molecule has 88 valence electrons. The maximum absolute atomic E-state index is 11.8. The number of aromatic nitrogens is 1. The maximum Gasteiger partial charge on any atom is 0.255 e. The second kappa shape index (κ2) is 5.46. The Bertz CT molecular complexity index is 376. The number of aryl methyl sites for hydroxylation is 1. The van der Waals surface area contributed by atoms with Gasteiger partial charge in [0.2, 0.25) is 0 Å². The molecule has 0 radical (unpaired) electrons. The second-order valence-corrected chi connectivity index (χ2v) is 4.12. The van der Waals surface area contributed by atoms with Crippen LogP contribution in [0.2, 0.25) is 0 Å². The van der Waals surface area contributed by atoms with E-state index in [4.69, 9.17) is 5.84 Å². The predicted octanol–water partition coefficient (Wildman–Crippen LogP) is 1.06.